The van der Waals surface area contributed by atoms with Crippen molar-refractivity contribution in [2.45, 2.75) is 33.3 Å². The van der Waals surface area contributed by atoms with Crippen LogP contribution < -0.4 is 10.2 Å². The van der Waals surface area contributed by atoms with Crippen LogP contribution in [0.15, 0.2) is 35.4 Å². The molecule has 0 unspecified atom stereocenters. The summed E-state index contributed by atoms with van der Waals surface area (Å²) in [7, 11) is 0. The van der Waals surface area contributed by atoms with Gasteiger partial charge < -0.3 is 4.74 Å². The lowest BCUT2D eigenvalue weighted by Gasteiger charge is -2.12. The van der Waals surface area contributed by atoms with Crippen molar-refractivity contribution in [1.82, 2.24) is 5.43 Å². The Labute approximate surface area is 108 Å². The number of amides is 1. The third-order valence-corrected chi connectivity index (χ3v) is 2.27. The van der Waals surface area contributed by atoms with E-state index >= 15 is 0 Å². The largest absolute Gasteiger partial charge is 0.481 e. The highest BCUT2D eigenvalue weighted by molar-refractivity contribution is 5.81. The molecule has 4 nitrogen and oxygen atoms in total. The number of nitrogens with one attached hydrogen (secondary N) is 1. The van der Waals surface area contributed by atoms with Crippen molar-refractivity contribution in [2.24, 2.45) is 11.0 Å². The highest BCUT2D eigenvalue weighted by Crippen LogP contribution is 2.10. The van der Waals surface area contributed by atoms with E-state index in [1.165, 1.54) is 0 Å². The summed E-state index contributed by atoms with van der Waals surface area (Å²) in [6.07, 6.45) is 1.98. The van der Waals surface area contributed by atoms with Crippen LogP contribution in [0.5, 0.6) is 5.75 Å². The molecule has 4 heteroatoms. The molecule has 0 bridgehead atoms. The van der Waals surface area contributed by atoms with E-state index in [1.54, 1.807) is 13.1 Å². The van der Waals surface area contributed by atoms with Crippen LogP contribution in [0.25, 0.3) is 0 Å². The second-order valence-corrected chi connectivity index (χ2v) is 4.49. The zero-order chi connectivity index (χ0) is 13.4. The molecule has 0 aliphatic rings. The van der Waals surface area contributed by atoms with Crippen LogP contribution in [-0.2, 0) is 4.79 Å². The Hall–Kier alpha value is -1.84. The summed E-state index contributed by atoms with van der Waals surface area (Å²) in [5.74, 6) is 0.953. The first-order chi connectivity index (χ1) is 8.59. The molecule has 1 amide bonds. The molecule has 1 atom stereocenters. The molecule has 1 aromatic carbocycles. The van der Waals surface area contributed by atoms with Gasteiger partial charge in [-0.25, -0.2) is 5.43 Å². The third-order valence-electron chi connectivity index (χ3n) is 2.27. The summed E-state index contributed by atoms with van der Waals surface area (Å²) in [6, 6.07) is 9.24. The predicted molar refractivity (Wildman–Crippen MR) is 72.6 cm³/mol. The summed E-state index contributed by atoms with van der Waals surface area (Å²) < 4.78 is 5.47. The predicted octanol–water partition coefficient (Wildman–Crippen LogP) is 2.60. The number of hydrazone groups is 1. The van der Waals surface area contributed by atoms with Crippen molar-refractivity contribution < 1.29 is 9.53 Å². The molecule has 0 aliphatic carbocycles. The molecule has 18 heavy (non-hydrogen) atoms. The van der Waals surface area contributed by atoms with E-state index in [9.17, 15) is 4.79 Å². The monoisotopic (exact) mass is 248 g/mol. The molecule has 0 aliphatic heterocycles. The lowest BCUT2D eigenvalue weighted by Crippen LogP contribution is -2.33. The molecule has 0 fully saturated rings. The van der Waals surface area contributed by atoms with E-state index in [2.05, 4.69) is 24.4 Å². The number of para-hydroxylation sites is 1. The normalized spacial score (nSPS) is 12.7. The number of ether oxygens (including phenoxy) is 1. The Morgan fingerprint density at radius 1 is 1.33 bits per heavy atom. The second-order valence-electron chi connectivity index (χ2n) is 4.49. The Morgan fingerprint density at radius 2 is 2.00 bits per heavy atom. The van der Waals surface area contributed by atoms with E-state index in [4.69, 9.17) is 4.74 Å². The van der Waals surface area contributed by atoms with Crippen LogP contribution in [0.4, 0.5) is 0 Å². The summed E-state index contributed by atoms with van der Waals surface area (Å²) >= 11 is 0. The van der Waals surface area contributed by atoms with Crippen molar-refractivity contribution in [3.8, 4) is 5.75 Å². The number of carbonyl (C=O) groups excluding carboxylic acids is 1. The summed E-state index contributed by atoms with van der Waals surface area (Å²) in [5.41, 5.74) is 2.46. The Kier molecular flexibility index (Phi) is 5.91. The smallest absolute Gasteiger partial charge is 0.280 e. The molecule has 0 spiro atoms. The van der Waals surface area contributed by atoms with Gasteiger partial charge in [0.25, 0.3) is 5.91 Å². The fraction of sp³-hybridized carbons (Fsp3) is 0.429. The minimum absolute atomic E-state index is 0.251. The van der Waals surface area contributed by atoms with Crippen molar-refractivity contribution in [1.29, 1.82) is 0 Å². The SMILES string of the molecule is CC(C)C/C=N\NC(=O)[C@@H](C)Oc1ccccc1. The summed E-state index contributed by atoms with van der Waals surface area (Å²) in [4.78, 5) is 11.6. The first-order valence-corrected chi connectivity index (χ1v) is 6.12. The lowest BCUT2D eigenvalue weighted by molar-refractivity contribution is -0.127. The van der Waals surface area contributed by atoms with Gasteiger partial charge in [0.05, 0.1) is 0 Å². The molecule has 1 aromatic rings. The molecule has 0 saturated carbocycles. The van der Waals surface area contributed by atoms with Gasteiger partial charge in [0.2, 0.25) is 0 Å². The van der Waals surface area contributed by atoms with Gasteiger partial charge in [-0.15, -0.1) is 0 Å². The molecule has 0 radical (unpaired) electrons. The highest BCUT2D eigenvalue weighted by atomic mass is 16.5. The Morgan fingerprint density at radius 3 is 2.61 bits per heavy atom. The van der Waals surface area contributed by atoms with Crippen LogP contribution in [0.2, 0.25) is 0 Å². The molecule has 1 N–H and O–H groups in total. The quantitative estimate of drug-likeness (QED) is 0.621. The summed E-state index contributed by atoms with van der Waals surface area (Å²) in [6.45, 7) is 5.88. The number of hydrogen-bond donors (Lipinski definition) is 1. The molecule has 98 valence electrons. The van der Waals surface area contributed by atoms with Crippen LogP contribution in [-0.4, -0.2) is 18.2 Å². The minimum atomic E-state index is -0.566. The summed E-state index contributed by atoms with van der Waals surface area (Å²) in [5, 5.41) is 3.87. The molecular weight excluding hydrogens is 228 g/mol. The van der Waals surface area contributed by atoms with E-state index < -0.39 is 6.10 Å². The first-order valence-electron chi connectivity index (χ1n) is 6.12. The van der Waals surface area contributed by atoms with Gasteiger partial charge in [0, 0.05) is 6.21 Å². The minimum Gasteiger partial charge on any atom is -0.481 e. The first kappa shape index (κ1) is 14.2. The Bertz CT molecular complexity index is 388. The molecule has 1 rings (SSSR count). The topological polar surface area (TPSA) is 50.7 Å². The standard InChI is InChI=1S/C14H20N2O2/c1-11(2)9-10-15-16-14(17)12(3)18-13-7-5-4-6-8-13/h4-8,10-12H,9H2,1-3H3,(H,16,17)/b15-10-/t12-/m1/s1. The maximum Gasteiger partial charge on any atom is 0.280 e. The number of carbonyl (C=O) groups is 1. The number of hydrogen-bond acceptors (Lipinski definition) is 3. The van der Waals surface area contributed by atoms with Crippen LogP contribution in [0.1, 0.15) is 27.2 Å². The maximum absolute atomic E-state index is 11.6. The van der Waals surface area contributed by atoms with Crippen molar-refractivity contribution in [2.75, 3.05) is 0 Å². The average molecular weight is 248 g/mol. The molecule has 0 saturated heterocycles. The molecule has 0 heterocycles. The van der Waals surface area contributed by atoms with Gasteiger partial charge in [0.15, 0.2) is 6.10 Å². The van der Waals surface area contributed by atoms with Gasteiger partial charge in [-0.2, -0.15) is 5.10 Å². The van der Waals surface area contributed by atoms with E-state index in [1.807, 2.05) is 30.3 Å². The zero-order valence-corrected chi connectivity index (χ0v) is 11.1. The van der Waals surface area contributed by atoms with Crippen molar-refractivity contribution in [3.05, 3.63) is 30.3 Å². The maximum atomic E-state index is 11.6. The lowest BCUT2D eigenvalue weighted by atomic mass is 10.2. The zero-order valence-electron chi connectivity index (χ0n) is 11.1. The van der Waals surface area contributed by atoms with E-state index in [0.29, 0.717) is 11.7 Å². The van der Waals surface area contributed by atoms with Crippen molar-refractivity contribution in [3.63, 3.8) is 0 Å². The number of rotatable bonds is 6. The van der Waals surface area contributed by atoms with E-state index in [-0.39, 0.29) is 5.91 Å². The van der Waals surface area contributed by atoms with Crippen LogP contribution in [0, 0.1) is 5.92 Å². The van der Waals surface area contributed by atoms with Gasteiger partial charge in [-0.1, -0.05) is 32.0 Å². The fourth-order valence-corrected chi connectivity index (χ4v) is 1.22. The second kappa shape index (κ2) is 7.48. The molecular formula is C14H20N2O2. The van der Waals surface area contributed by atoms with Crippen molar-refractivity contribution >= 4 is 12.1 Å². The van der Waals surface area contributed by atoms with Gasteiger partial charge >= 0.3 is 0 Å². The third kappa shape index (κ3) is 5.48. The van der Waals surface area contributed by atoms with Crippen LogP contribution in [0.3, 0.4) is 0 Å². The van der Waals surface area contributed by atoms with Crippen LogP contribution >= 0.6 is 0 Å². The average Bonchev–Trinajstić information content (AvgIpc) is 2.35. The van der Waals surface area contributed by atoms with E-state index in [0.717, 1.165) is 6.42 Å². The highest BCUT2D eigenvalue weighted by Gasteiger charge is 2.13. The van der Waals surface area contributed by atoms with Gasteiger partial charge in [-0.3, -0.25) is 4.79 Å². The van der Waals surface area contributed by atoms with Gasteiger partial charge in [-0.05, 0) is 31.4 Å². The number of nitrogens with zero attached hydrogens (tertiary/aromatic N) is 1. The fourth-order valence-electron chi connectivity index (χ4n) is 1.22. The number of benzene rings is 1. The Balaban J connectivity index is 2.35. The van der Waals surface area contributed by atoms with Gasteiger partial charge in [0.1, 0.15) is 5.75 Å². The molecule has 0 aromatic heterocycles.